The molecule has 13 atom stereocenters. The zero-order chi connectivity index (χ0) is 54.9. The molecule has 3 aliphatic heterocycles. The lowest BCUT2D eigenvalue weighted by molar-refractivity contribution is -0.277. The minimum atomic E-state index is -1.88. The summed E-state index contributed by atoms with van der Waals surface area (Å²) in [7, 11) is 0. The quantitative estimate of drug-likeness (QED) is 0.0653. The second-order valence-electron chi connectivity index (χ2n) is 21.0. The predicted octanol–water partition coefficient (Wildman–Crippen LogP) is 7.91. The molecule has 0 aromatic heterocycles. The van der Waals surface area contributed by atoms with Crippen LogP contribution in [-0.2, 0) is 4.74 Å². The minimum Gasteiger partial charge on any atom is -0.508 e. The van der Waals surface area contributed by atoms with E-state index in [0.29, 0.717) is 72.5 Å². The molecular formula is C62H52O17. The molecule has 8 aromatic rings. The summed E-state index contributed by atoms with van der Waals surface area (Å²) >= 11 is 0. The third kappa shape index (κ3) is 8.02. The number of rotatable bonds is 9. The normalized spacial score (nSPS) is 27.0. The van der Waals surface area contributed by atoms with Crippen molar-refractivity contribution < 1.29 is 85.3 Å². The van der Waals surface area contributed by atoms with Gasteiger partial charge >= 0.3 is 0 Å². The summed E-state index contributed by atoms with van der Waals surface area (Å²) in [6.07, 6.45) is -10.4. The summed E-state index contributed by atoms with van der Waals surface area (Å²) in [6, 6.07) is 37.9. The van der Waals surface area contributed by atoms with E-state index in [1.165, 1.54) is 66.7 Å². The van der Waals surface area contributed by atoms with Crippen LogP contribution in [0.4, 0.5) is 0 Å². The number of phenolic OH excluding ortho intramolecular Hbond substituents is 9. The average Bonchev–Trinajstić information content (AvgIpc) is 2.85. The first-order valence-electron chi connectivity index (χ1n) is 25.7. The molecule has 0 bridgehead atoms. The number of aliphatic hydroxyl groups is 4. The van der Waals surface area contributed by atoms with E-state index in [2.05, 4.69) is 0 Å². The van der Waals surface area contributed by atoms with Gasteiger partial charge in [-0.3, -0.25) is 0 Å². The first kappa shape index (κ1) is 49.7. The van der Waals surface area contributed by atoms with Crippen molar-refractivity contribution in [1.29, 1.82) is 0 Å². The molecule has 3 heterocycles. The summed E-state index contributed by atoms with van der Waals surface area (Å²) in [4.78, 5) is 0. The maximum atomic E-state index is 13.0. The molecule has 0 unspecified atom stereocenters. The Morgan fingerprint density at radius 2 is 0.899 bits per heavy atom. The highest BCUT2D eigenvalue weighted by atomic mass is 16.7. The van der Waals surface area contributed by atoms with Crippen LogP contribution in [0.15, 0.2) is 146 Å². The third-order valence-corrected chi connectivity index (χ3v) is 16.5. The molecule has 79 heavy (non-hydrogen) atoms. The second-order valence-corrected chi connectivity index (χ2v) is 21.0. The lowest BCUT2D eigenvalue weighted by Gasteiger charge is -2.39. The zero-order valence-electron chi connectivity index (χ0n) is 41.5. The Kier molecular flexibility index (Phi) is 11.8. The maximum Gasteiger partial charge on any atom is 0.229 e. The molecule has 1 fully saturated rings. The summed E-state index contributed by atoms with van der Waals surface area (Å²) in [5, 5.41) is 145. The fourth-order valence-electron chi connectivity index (χ4n) is 13.3. The highest BCUT2D eigenvalue weighted by Crippen LogP contribution is 2.71. The Morgan fingerprint density at radius 1 is 0.380 bits per heavy atom. The standard InChI is InChI=1S/C62H52O17/c63-25-45-56(73)57(74)58(75)62(78-45)77-44-20-31(19-40-46(30-17-36(68)21-37(69)18-30)59(79-61(40)44)28-5-13-34(66)14-6-28)49-47(26-1-9-32(64)10-2-26)54-48(27-3-11-33(65)12-4-27)50-39(22-38(70)23-41(50)71)51-53-43(24-42(72)52(49)55(53)54)76-60(51)29-7-15-35(67)16-8-29/h1-24,45-49,51,54,56-60,62-75H,25H2/t45-,46-,47-,48-,49-,51-,54-,56-,57+,58-,59+,60+,62-/m1/s1. The average molecular weight is 1070 g/mol. The van der Waals surface area contributed by atoms with Gasteiger partial charge in [0.2, 0.25) is 6.29 Å². The maximum absolute atomic E-state index is 13.0. The monoisotopic (exact) mass is 1070 g/mol. The first-order valence-corrected chi connectivity index (χ1v) is 25.7. The fourth-order valence-corrected chi connectivity index (χ4v) is 13.3. The van der Waals surface area contributed by atoms with Crippen LogP contribution < -0.4 is 14.2 Å². The second kappa shape index (κ2) is 18.7. The largest absolute Gasteiger partial charge is 0.508 e. The van der Waals surface area contributed by atoms with Crippen LogP contribution in [0.25, 0.3) is 0 Å². The van der Waals surface area contributed by atoms with E-state index in [4.69, 9.17) is 18.9 Å². The van der Waals surface area contributed by atoms with Crippen LogP contribution in [-0.4, -0.2) is 104 Å². The van der Waals surface area contributed by atoms with E-state index >= 15 is 0 Å². The number of ether oxygens (including phenoxy) is 4. The Hall–Kier alpha value is -8.84. The molecule has 17 heteroatoms. The van der Waals surface area contributed by atoms with Crippen molar-refractivity contribution >= 4 is 0 Å². The van der Waals surface area contributed by atoms with Crippen LogP contribution in [0, 0.1) is 0 Å². The van der Waals surface area contributed by atoms with Gasteiger partial charge in [-0.05, 0) is 117 Å². The molecular weight excluding hydrogens is 1020 g/mol. The van der Waals surface area contributed by atoms with Crippen LogP contribution in [0.3, 0.4) is 0 Å². The third-order valence-electron chi connectivity index (χ3n) is 16.5. The number of hydrogen-bond donors (Lipinski definition) is 13. The number of phenols is 9. The molecule has 5 aliphatic rings. The van der Waals surface area contributed by atoms with E-state index in [-0.39, 0.29) is 63.2 Å². The smallest absolute Gasteiger partial charge is 0.229 e. The van der Waals surface area contributed by atoms with E-state index in [1.54, 1.807) is 72.8 Å². The van der Waals surface area contributed by atoms with E-state index in [0.717, 1.165) is 0 Å². The SMILES string of the molecule is OC[C@H]1O[C@@H](Oc2cc([C@H]3c4c(O)cc5c6c4[C@@H]([C@H](c4ccc(O)cc4)c4c(O)cc(O)cc4[C@H]6[C@H](c4ccc(O)cc4)O5)[C@@H]3c3ccc(O)cc3)cc3c2O[C@@H](c2ccc(O)cc2)[C@@H]3c2cc(O)cc(O)c2)[C@H](O)[C@@H](O)[C@@H]1O. The van der Waals surface area contributed by atoms with Crippen molar-refractivity contribution in [1.82, 2.24) is 0 Å². The molecule has 402 valence electrons. The van der Waals surface area contributed by atoms with Gasteiger partial charge in [0.25, 0.3) is 0 Å². The Morgan fingerprint density at radius 3 is 1.49 bits per heavy atom. The van der Waals surface area contributed by atoms with Gasteiger partial charge in [0, 0.05) is 64.1 Å². The van der Waals surface area contributed by atoms with Crippen LogP contribution in [0.1, 0.15) is 114 Å². The van der Waals surface area contributed by atoms with Gasteiger partial charge in [-0.2, -0.15) is 0 Å². The summed E-state index contributed by atoms with van der Waals surface area (Å²) in [5.41, 5.74) is 6.30. The molecule has 13 rings (SSSR count). The molecule has 0 amide bonds. The highest BCUT2D eigenvalue weighted by Gasteiger charge is 2.57. The summed E-state index contributed by atoms with van der Waals surface area (Å²) < 4.78 is 26.4. The number of benzene rings is 8. The Balaban J connectivity index is 1.12. The zero-order valence-corrected chi connectivity index (χ0v) is 41.5. The lowest BCUT2D eigenvalue weighted by atomic mass is 9.68. The van der Waals surface area contributed by atoms with Crippen molar-refractivity contribution in [2.75, 3.05) is 6.61 Å². The van der Waals surface area contributed by atoms with Crippen molar-refractivity contribution in [2.24, 2.45) is 0 Å². The Labute approximate surface area is 450 Å². The van der Waals surface area contributed by atoms with Gasteiger partial charge in [-0.1, -0.05) is 54.6 Å². The van der Waals surface area contributed by atoms with E-state index in [1.807, 2.05) is 6.07 Å². The molecule has 17 nitrogen and oxygen atoms in total. The molecule has 0 saturated carbocycles. The molecule has 8 aromatic carbocycles. The van der Waals surface area contributed by atoms with Gasteiger partial charge in [0.05, 0.1) is 18.4 Å². The minimum absolute atomic E-state index is 0.00789. The van der Waals surface area contributed by atoms with Gasteiger partial charge in [0.1, 0.15) is 94.1 Å². The number of aromatic hydroxyl groups is 9. The summed E-state index contributed by atoms with van der Waals surface area (Å²) in [6.45, 7) is -0.761. The van der Waals surface area contributed by atoms with Crippen molar-refractivity contribution in [3.8, 4) is 69.0 Å². The van der Waals surface area contributed by atoms with Gasteiger partial charge in [-0.25, -0.2) is 0 Å². The molecule has 0 radical (unpaired) electrons. The van der Waals surface area contributed by atoms with Gasteiger partial charge in [0.15, 0.2) is 11.5 Å². The van der Waals surface area contributed by atoms with E-state index < -0.39 is 85.0 Å². The van der Waals surface area contributed by atoms with Gasteiger partial charge < -0.3 is 85.3 Å². The number of hydrogen-bond acceptors (Lipinski definition) is 17. The first-order chi connectivity index (χ1) is 38.0. The molecule has 0 spiro atoms. The van der Waals surface area contributed by atoms with Crippen molar-refractivity contribution in [3.63, 3.8) is 0 Å². The van der Waals surface area contributed by atoms with Crippen molar-refractivity contribution in [3.05, 3.63) is 212 Å². The molecule has 1 saturated heterocycles. The van der Waals surface area contributed by atoms with E-state index in [9.17, 15) is 66.4 Å². The topological polar surface area (TPSA) is 300 Å². The van der Waals surface area contributed by atoms with Crippen LogP contribution in [0.2, 0.25) is 0 Å². The fraction of sp³-hybridized carbons (Fsp3) is 0.226. The number of aliphatic hydroxyl groups excluding tert-OH is 4. The molecule has 13 N–H and O–H groups in total. The lowest BCUT2D eigenvalue weighted by Crippen LogP contribution is -2.60. The molecule has 2 aliphatic carbocycles. The van der Waals surface area contributed by atoms with Crippen LogP contribution >= 0.6 is 0 Å². The van der Waals surface area contributed by atoms with Crippen molar-refractivity contribution in [2.45, 2.75) is 78.4 Å². The van der Waals surface area contributed by atoms with Crippen LogP contribution in [0.5, 0.6) is 69.0 Å². The van der Waals surface area contributed by atoms with Gasteiger partial charge in [-0.15, -0.1) is 0 Å². The highest BCUT2D eigenvalue weighted by molar-refractivity contribution is 5.73. The predicted molar refractivity (Wildman–Crippen MR) is 281 cm³/mol. The number of fused-ring (bicyclic) bond motifs is 3. The Bertz CT molecular complexity index is 3660. The summed E-state index contributed by atoms with van der Waals surface area (Å²) in [5.74, 6) is -5.97.